The fourth-order valence-corrected chi connectivity index (χ4v) is 40.6. The second-order valence-electron chi connectivity index (χ2n) is 15.0. The van der Waals surface area contributed by atoms with Gasteiger partial charge in [0.25, 0.3) is 0 Å². The average Bonchev–Trinajstić information content (AvgIpc) is 3.76. The van der Waals surface area contributed by atoms with Crippen LogP contribution in [-0.4, -0.2) is 45.1 Å². The van der Waals surface area contributed by atoms with Gasteiger partial charge in [-0.2, -0.15) is 0 Å². The first-order valence-corrected chi connectivity index (χ1v) is 23.6. The Bertz CT molecular complexity index is 726. The molecular weight excluding hydrogens is 545 g/mol. The Hall–Kier alpha value is 1.40. The Morgan fingerprint density at radius 1 is 0.632 bits per heavy atom. The first kappa shape index (κ1) is 29.5. The maximum absolute atomic E-state index is 9.33. The molecule has 0 aromatic rings. The van der Waals surface area contributed by atoms with Crippen LogP contribution in [0.15, 0.2) is 0 Å². The van der Waals surface area contributed by atoms with E-state index in [0.29, 0.717) is 16.9 Å². The van der Waals surface area contributed by atoms with E-state index in [9.17, 15) is 11.2 Å². The van der Waals surface area contributed by atoms with Crippen LogP contribution in [-0.2, 0) is 4.74 Å². The van der Waals surface area contributed by atoms with Crippen molar-refractivity contribution >= 4 is 36.1 Å². The van der Waals surface area contributed by atoms with Gasteiger partial charge in [-0.05, 0) is 0 Å². The van der Waals surface area contributed by atoms with Crippen molar-refractivity contribution in [3.8, 4) is 0 Å². The maximum atomic E-state index is 9.33. The van der Waals surface area contributed by atoms with Gasteiger partial charge in [0, 0.05) is 0 Å². The summed E-state index contributed by atoms with van der Waals surface area (Å²) < 4.78 is 7.56. The predicted molar refractivity (Wildman–Crippen MR) is 175 cm³/mol. The SMILES string of the molecule is CCOC([PH](C1CCCC1)(C1CCCC1)C1CCCC1)P(Cl)(C1CCCC1)(C1CCCC1)C1(Cl)CCCC1. The zero-order valence-corrected chi connectivity index (χ0v) is 28.2. The van der Waals surface area contributed by atoms with E-state index in [1.165, 1.54) is 154 Å². The number of hydrogen-bond acceptors (Lipinski definition) is 1. The van der Waals surface area contributed by atoms with E-state index in [0.717, 1.165) is 23.6 Å². The van der Waals surface area contributed by atoms with Crippen LogP contribution in [0.4, 0.5) is 0 Å². The molecule has 0 aromatic carbocycles. The average molecular weight is 606 g/mol. The number of alkyl halides is 1. The third kappa shape index (κ3) is 4.22. The molecule has 6 aliphatic rings. The molecular formula is C33H60Cl2OP2. The molecule has 0 saturated heterocycles. The molecule has 0 radical (unpaired) electrons. The third-order valence-electron chi connectivity index (χ3n) is 13.8. The molecule has 0 bridgehead atoms. The van der Waals surface area contributed by atoms with Gasteiger partial charge in [-0.1, -0.05) is 0 Å². The zero-order chi connectivity index (χ0) is 26.3. The van der Waals surface area contributed by atoms with E-state index in [2.05, 4.69) is 6.92 Å². The number of rotatable bonds is 10. The molecule has 6 rings (SSSR count). The molecule has 0 amide bonds. The van der Waals surface area contributed by atoms with E-state index in [-0.39, 0.29) is 4.62 Å². The second kappa shape index (κ2) is 11.8. The molecule has 1 unspecified atom stereocenters. The summed E-state index contributed by atoms with van der Waals surface area (Å²) in [6.45, 7) is 3.20. The molecule has 1 nitrogen and oxygen atoms in total. The molecule has 0 spiro atoms. The van der Waals surface area contributed by atoms with E-state index in [4.69, 9.17) is 16.3 Å². The van der Waals surface area contributed by atoms with Crippen molar-refractivity contribution in [1.82, 2.24) is 0 Å². The predicted octanol–water partition coefficient (Wildman–Crippen LogP) is 12.0. The van der Waals surface area contributed by atoms with E-state index >= 15 is 0 Å². The van der Waals surface area contributed by atoms with Gasteiger partial charge < -0.3 is 0 Å². The van der Waals surface area contributed by atoms with Gasteiger partial charge in [-0.3, -0.25) is 0 Å². The summed E-state index contributed by atoms with van der Waals surface area (Å²) in [5.41, 5.74) is 4.60. The normalized spacial score (nSPS) is 31.4. The number of halogens is 2. The molecule has 6 fully saturated rings. The first-order valence-electron chi connectivity index (χ1n) is 17.5. The van der Waals surface area contributed by atoms with Crippen LogP contribution in [0.1, 0.15) is 161 Å². The van der Waals surface area contributed by atoms with Gasteiger partial charge in [-0.25, -0.2) is 0 Å². The Morgan fingerprint density at radius 3 is 1.32 bits per heavy atom. The molecule has 1 atom stereocenters. The van der Waals surface area contributed by atoms with E-state index in [1.54, 1.807) is 0 Å². The topological polar surface area (TPSA) is 9.23 Å². The Balaban J connectivity index is 1.65. The van der Waals surface area contributed by atoms with E-state index in [1.807, 2.05) is 0 Å². The van der Waals surface area contributed by atoms with Crippen LogP contribution in [0.25, 0.3) is 0 Å². The summed E-state index contributed by atoms with van der Waals surface area (Å²) in [6.07, 6.45) is 33.8. The first-order chi connectivity index (χ1) is 18.5. The molecule has 6 saturated carbocycles. The van der Waals surface area contributed by atoms with Crippen molar-refractivity contribution in [2.24, 2.45) is 0 Å². The monoisotopic (exact) mass is 604 g/mol. The molecule has 0 aromatic heterocycles. The van der Waals surface area contributed by atoms with Crippen LogP contribution >= 0.6 is 36.1 Å². The van der Waals surface area contributed by atoms with Crippen LogP contribution < -0.4 is 0 Å². The van der Waals surface area contributed by atoms with Gasteiger partial charge in [0.05, 0.1) is 0 Å². The molecule has 38 heavy (non-hydrogen) atoms. The number of hydrogen-bond donors (Lipinski definition) is 0. The minimum atomic E-state index is -3.07. The van der Waals surface area contributed by atoms with Gasteiger partial charge in [-0.15, -0.1) is 0 Å². The fourth-order valence-electron chi connectivity index (χ4n) is 12.6. The van der Waals surface area contributed by atoms with Crippen LogP contribution in [0.5, 0.6) is 0 Å². The van der Waals surface area contributed by atoms with Gasteiger partial charge in [0.15, 0.2) is 0 Å². The van der Waals surface area contributed by atoms with Crippen molar-refractivity contribution in [2.45, 2.75) is 200 Å². The molecule has 222 valence electrons. The third-order valence-corrected chi connectivity index (χ3v) is 36.4. The van der Waals surface area contributed by atoms with Crippen molar-refractivity contribution < 1.29 is 4.74 Å². The second-order valence-corrected chi connectivity index (χ2v) is 28.9. The Labute approximate surface area is 246 Å². The van der Waals surface area contributed by atoms with Crippen molar-refractivity contribution in [1.29, 1.82) is 0 Å². The standard InChI is InChI=1S/C33H60Cl2OP2/c1-2-36-32(37(27-15-3-4-16-27,28-17-5-6-18-28)29-19-7-8-20-29)38(35,30-21-9-10-22-30,31-23-11-12-24-31)33(34)25-13-14-26-33/h27-32,37H,2-26H2,1H3. The van der Waals surface area contributed by atoms with Crippen molar-refractivity contribution in [3.63, 3.8) is 0 Å². The van der Waals surface area contributed by atoms with Gasteiger partial charge in [0.1, 0.15) is 0 Å². The van der Waals surface area contributed by atoms with Gasteiger partial charge >= 0.3 is 247 Å². The summed E-state index contributed by atoms with van der Waals surface area (Å²) in [6, 6.07) is 0. The summed E-state index contributed by atoms with van der Waals surface area (Å²) in [7, 11) is -1.98. The van der Waals surface area contributed by atoms with Gasteiger partial charge in [0.2, 0.25) is 0 Å². The van der Waals surface area contributed by atoms with E-state index < -0.39 is 13.2 Å². The van der Waals surface area contributed by atoms with Crippen LogP contribution in [0.3, 0.4) is 0 Å². The molecule has 0 aliphatic heterocycles. The number of ether oxygens (including phenoxy) is 1. The molecule has 6 aliphatic carbocycles. The zero-order valence-electron chi connectivity index (χ0n) is 24.8. The molecule has 0 N–H and O–H groups in total. The Morgan fingerprint density at radius 2 is 0.974 bits per heavy atom. The van der Waals surface area contributed by atoms with Crippen molar-refractivity contribution in [2.75, 3.05) is 6.61 Å². The van der Waals surface area contributed by atoms with Crippen LogP contribution in [0.2, 0.25) is 0 Å². The summed E-state index contributed by atoms with van der Waals surface area (Å²) in [4.78, 5) is 0. The van der Waals surface area contributed by atoms with Crippen LogP contribution in [0, 0.1) is 0 Å². The van der Waals surface area contributed by atoms with Crippen molar-refractivity contribution in [3.05, 3.63) is 0 Å². The fraction of sp³-hybridized carbons (Fsp3) is 1.00. The summed E-state index contributed by atoms with van der Waals surface area (Å²) in [5.74, 6) is -3.07. The Kier molecular flexibility index (Phi) is 9.17. The summed E-state index contributed by atoms with van der Waals surface area (Å²) in [5, 5.41) is 0. The summed E-state index contributed by atoms with van der Waals surface area (Å²) >= 11 is 17.8. The molecule has 0 heterocycles. The quantitative estimate of drug-likeness (QED) is 0.178. The minimum absolute atomic E-state index is 0.162. The molecule has 5 heteroatoms.